The standard InChI is InChI=1S/C21H32/c1-5-9-11-12-13-17-21(16-10-6-2)19-18-20(14-7-3)15-8-4/h3,10,12-13,16,20-21H,5-6,9,11,14,17-19H2,1-2,4H3. The second-order valence-corrected chi connectivity index (χ2v) is 5.52. The van der Waals surface area contributed by atoms with Crippen molar-refractivity contribution in [2.45, 2.75) is 72.1 Å². The van der Waals surface area contributed by atoms with Crippen LogP contribution in [0.5, 0.6) is 0 Å². The van der Waals surface area contributed by atoms with Gasteiger partial charge in [-0.05, 0) is 44.9 Å². The van der Waals surface area contributed by atoms with Gasteiger partial charge in [0.15, 0.2) is 0 Å². The first kappa shape index (κ1) is 19.6. The van der Waals surface area contributed by atoms with Crippen molar-refractivity contribution in [1.29, 1.82) is 0 Å². The molecule has 0 nitrogen and oxygen atoms in total. The van der Waals surface area contributed by atoms with E-state index in [2.05, 4.69) is 55.9 Å². The van der Waals surface area contributed by atoms with Gasteiger partial charge in [-0.1, -0.05) is 56.9 Å². The molecular formula is C21H32. The molecule has 0 N–H and O–H groups in total. The first-order valence-electron chi connectivity index (χ1n) is 8.45. The second kappa shape index (κ2) is 15.0. The topological polar surface area (TPSA) is 0 Å². The smallest absolute Gasteiger partial charge is 0.0312 e. The summed E-state index contributed by atoms with van der Waals surface area (Å²) in [5.74, 6) is 9.99. The predicted octanol–water partition coefficient (Wildman–Crippen LogP) is 6.15. The molecular weight excluding hydrogens is 252 g/mol. The summed E-state index contributed by atoms with van der Waals surface area (Å²) >= 11 is 0. The van der Waals surface area contributed by atoms with Crippen LogP contribution in [0.1, 0.15) is 72.1 Å². The van der Waals surface area contributed by atoms with Crippen molar-refractivity contribution in [3.63, 3.8) is 0 Å². The monoisotopic (exact) mass is 284 g/mol. The molecule has 0 saturated heterocycles. The third-order valence-electron chi connectivity index (χ3n) is 3.57. The SMILES string of the molecule is C#CCC(C#CC)CCC(C=CCC)CC=CCCCC. The zero-order chi connectivity index (χ0) is 15.8. The first-order chi connectivity index (χ1) is 10.3. The van der Waals surface area contributed by atoms with Crippen LogP contribution < -0.4 is 0 Å². The van der Waals surface area contributed by atoms with Gasteiger partial charge in [-0.3, -0.25) is 0 Å². The molecule has 0 aromatic heterocycles. The molecule has 0 amide bonds. The van der Waals surface area contributed by atoms with E-state index in [9.17, 15) is 0 Å². The fourth-order valence-electron chi connectivity index (χ4n) is 2.32. The molecule has 0 spiro atoms. The average molecular weight is 284 g/mol. The molecule has 0 aromatic rings. The Morgan fingerprint density at radius 3 is 2.52 bits per heavy atom. The number of rotatable bonds is 11. The highest BCUT2D eigenvalue weighted by Crippen LogP contribution is 2.20. The maximum absolute atomic E-state index is 5.43. The van der Waals surface area contributed by atoms with Gasteiger partial charge < -0.3 is 0 Å². The molecule has 0 rings (SSSR count). The molecule has 0 heteroatoms. The Kier molecular flexibility index (Phi) is 14.0. The van der Waals surface area contributed by atoms with Crippen molar-refractivity contribution in [2.75, 3.05) is 0 Å². The van der Waals surface area contributed by atoms with Crippen molar-refractivity contribution in [3.8, 4) is 24.2 Å². The molecule has 0 aliphatic rings. The highest BCUT2D eigenvalue weighted by atomic mass is 14.1. The van der Waals surface area contributed by atoms with Crippen LogP contribution in [0.3, 0.4) is 0 Å². The Balaban J connectivity index is 4.33. The van der Waals surface area contributed by atoms with Gasteiger partial charge in [-0.2, -0.15) is 0 Å². The molecule has 0 fully saturated rings. The molecule has 0 aromatic carbocycles. The van der Waals surface area contributed by atoms with Crippen molar-refractivity contribution >= 4 is 0 Å². The number of allylic oxidation sites excluding steroid dienone is 4. The number of hydrogen-bond acceptors (Lipinski definition) is 0. The summed E-state index contributed by atoms with van der Waals surface area (Å²) < 4.78 is 0. The summed E-state index contributed by atoms with van der Waals surface area (Å²) in [4.78, 5) is 0. The van der Waals surface area contributed by atoms with Crippen LogP contribution in [0.4, 0.5) is 0 Å². The molecule has 0 aliphatic carbocycles. The molecule has 21 heavy (non-hydrogen) atoms. The number of hydrogen-bond donors (Lipinski definition) is 0. The van der Waals surface area contributed by atoms with E-state index in [0.717, 1.165) is 25.7 Å². The van der Waals surface area contributed by atoms with Gasteiger partial charge in [0.25, 0.3) is 0 Å². The molecule has 0 aliphatic heterocycles. The Labute approximate surface area is 133 Å². The van der Waals surface area contributed by atoms with Crippen LogP contribution in [-0.4, -0.2) is 0 Å². The van der Waals surface area contributed by atoms with Crippen molar-refractivity contribution in [1.82, 2.24) is 0 Å². The first-order valence-corrected chi connectivity index (χ1v) is 8.45. The van der Waals surface area contributed by atoms with E-state index in [4.69, 9.17) is 6.42 Å². The fraction of sp³-hybridized carbons (Fsp3) is 0.619. The van der Waals surface area contributed by atoms with E-state index in [1.807, 2.05) is 6.92 Å². The fourth-order valence-corrected chi connectivity index (χ4v) is 2.32. The third kappa shape index (κ3) is 12.1. The zero-order valence-corrected chi connectivity index (χ0v) is 14.2. The van der Waals surface area contributed by atoms with Gasteiger partial charge >= 0.3 is 0 Å². The van der Waals surface area contributed by atoms with Gasteiger partial charge in [-0.25, -0.2) is 0 Å². The average Bonchev–Trinajstić information content (AvgIpc) is 2.49. The molecule has 2 unspecified atom stereocenters. The maximum atomic E-state index is 5.43. The number of unbranched alkanes of at least 4 members (excludes halogenated alkanes) is 2. The zero-order valence-electron chi connectivity index (χ0n) is 14.2. The van der Waals surface area contributed by atoms with Crippen molar-refractivity contribution < 1.29 is 0 Å². The minimum atomic E-state index is 0.363. The lowest BCUT2D eigenvalue weighted by Crippen LogP contribution is -2.02. The van der Waals surface area contributed by atoms with E-state index < -0.39 is 0 Å². The molecule has 0 heterocycles. The van der Waals surface area contributed by atoms with E-state index in [0.29, 0.717) is 11.8 Å². The molecule has 0 saturated carbocycles. The number of terminal acetylenes is 1. The summed E-state index contributed by atoms with van der Waals surface area (Å²) in [7, 11) is 0. The van der Waals surface area contributed by atoms with Crippen LogP contribution in [0.2, 0.25) is 0 Å². The minimum absolute atomic E-state index is 0.363. The summed E-state index contributed by atoms with van der Waals surface area (Å²) in [6.07, 6.45) is 23.9. The lowest BCUT2D eigenvalue weighted by Gasteiger charge is -2.13. The van der Waals surface area contributed by atoms with Crippen LogP contribution >= 0.6 is 0 Å². The largest absolute Gasteiger partial charge is 0.120 e. The highest BCUT2D eigenvalue weighted by molar-refractivity contribution is 5.06. The van der Waals surface area contributed by atoms with Crippen molar-refractivity contribution in [3.05, 3.63) is 24.3 Å². The molecule has 0 bridgehead atoms. The summed E-state index contributed by atoms with van der Waals surface area (Å²) in [6, 6.07) is 0. The van der Waals surface area contributed by atoms with Gasteiger partial charge in [0, 0.05) is 12.3 Å². The highest BCUT2D eigenvalue weighted by Gasteiger charge is 2.08. The molecule has 116 valence electrons. The lowest BCUT2D eigenvalue weighted by molar-refractivity contribution is 0.503. The van der Waals surface area contributed by atoms with Gasteiger partial charge in [0.05, 0.1) is 0 Å². The predicted molar refractivity (Wildman–Crippen MR) is 95.8 cm³/mol. The van der Waals surface area contributed by atoms with Crippen LogP contribution in [0.25, 0.3) is 0 Å². The Bertz CT molecular complexity index is 380. The maximum Gasteiger partial charge on any atom is 0.0312 e. The summed E-state index contributed by atoms with van der Waals surface area (Å²) in [5.41, 5.74) is 0. The van der Waals surface area contributed by atoms with Crippen LogP contribution in [0, 0.1) is 36.0 Å². The summed E-state index contributed by atoms with van der Waals surface area (Å²) in [5, 5.41) is 0. The molecule has 0 radical (unpaired) electrons. The van der Waals surface area contributed by atoms with E-state index in [-0.39, 0.29) is 0 Å². The van der Waals surface area contributed by atoms with Crippen LogP contribution in [0.15, 0.2) is 24.3 Å². The third-order valence-corrected chi connectivity index (χ3v) is 3.57. The Morgan fingerprint density at radius 1 is 1.10 bits per heavy atom. The van der Waals surface area contributed by atoms with Gasteiger partial charge in [-0.15, -0.1) is 18.3 Å². The van der Waals surface area contributed by atoms with Crippen LogP contribution in [-0.2, 0) is 0 Å². The summed E-state index contributed by atoms with van der Waals surface area (Å²) in [6.45, 7) is 6.32. The quantitative estimate of drug-likeness (QED) is 0.242. The lowest BCUT2D eigenvalue weighted by atomic mass is 9.91. The van der Waals surface area contributed by atoms with Gasteiger partial charge in [0.2, 0.25) is 0 Å². The Hall–Kier alpha value is -1.40. The molecule has 2 atom stereocenters. The second-order valence-electron chi connectivity index (χ2n) is 5.52. The Morgan fingerprint density at radius 2 is 1.90 bits per heavy atom. The van der Waals surface area contributed by atoms with E-state index in [1.54, 1.807) is 0 Å². The van der Waals surface area contributed by atoms with Crippen molar-refractivity contribution in [2.24, 2.45) is 11.8 Å². The normalized spacial score (nSPS) is 13.8. The van der Waals surface area contributed by atoms with E-state index in [1.165, 1.54) is 25.7 Å². The minimum Gasteiger partial charge on any atom is -0.120 e. The van der Waals surface area contributed by atoms with Gasteiger partial charge in [0.1, 0.15) is 0 Å². The van der Waals surface area contributed by atoms with E-state index >= 15 is 0 Å².